The number of amidine groups is 2. The van der Waals surface area contributed by atoms with Crippen molar-refractivity contribution < 1.29 is 0 Å². The van der Waals surface area contributed by atoms with Crippen molar-refractivity contribution in [3.05, 3.63) is 90.0 Å². The van der Waals surface area contributed by atoms with Gasteiger partial charge in [-0.25, -0.2) is 9.98 Å². The third-order valence-electron chi connectivity index (χ3n) is 3.79. The summed E-state index contributed by atoms with van der Waals surface area (Å²) in [6.07, 6.45) is 0. The number of hydrogen-bond acceptors (Lipinski definition) is 4. The summed E-state index contributed by atoms with van der Waals surface area (Å²) in [6.45, 7) is 0. The topological polar surface area (TPSA) is 75.5 Å². The minimum absolute atomic E-state index is 0.502. The van der Waals surface area contributed by atoms with Crippen LogP contribution in [0.2, 0.25) is 0 Å². The van der Waals surface area contributed by atoms with Crippen LogP contribution in [0.3, 0.4) is 0 Å². The molecule has 0 aromatic heterocycles. The van der Waals surface area contributed by atoms with E-state index >= 15 is 0 Å². The largest absolute Gasteiger partial charge is 0.383 e. The molecule has 0 aliphatic carbocycles. The molecule has 5 heteroatoms. The van der Waals surface area contributed by atoms with Crippen molar-refractivity contribution in [3.8, 4) is 0 Å². The molecule has 25 heavy (non-hydrogen) atoms. The molecular formula is C20H15N5. The van der Waals surface area contributed by atoms with E-state index in [1.165, 1.54) is 0 Å². The maximum absolute atomic E-state index is 5.95. The number of fused-ring (bicyclic) bond motifs is 1. The monoisotopic (exact) mass is 325 g/mol. The van der Waals surface area contributed by atoms with E-state index < -0.39 is 0 Å². The smallest absolute Gasteiger partial charge is 0.162 e. The number of aliphatic imine (C=N–C) groups is 2. The van der Waals surface area contributed by atoms with E-state index in [-0.39, 0.29) is 0 Å². The van der Waals surface area contributed by atoms with Crippen LogP contribution in [0.1, 0.15) is 11.1 Å². The summed E-state index contributed by atoms with van der Waals surface area (Å²) in [6, 6.07) is 25.0. The van der Waals surface area contributed by atoms with Crippen LogP contribution in [0.4, 0.5) is 17.1 Å². The van der Waals surface area contributed by atoms with Gasteiger partial charge >= 0.3 is 0 Å². The molecule has 4 rings (SSSR count). The quantitative estimate of drug-likeness (QED) is 0.683. The summed E-state index contributed by atoms with van der Waals surface area (Å²) >= 11 is 0. The van der Waals surface area contributed by atoms with Gasteiger partial charge in [0.2, 0.25) is 0 Å². The zero-order chi connectivity index (χ0) is 17.1. The van der Waals surface area contributed by atoms with Crippen molar-refractivity contribution in [2.45, 2.75) is 0 Å². The van der Waals surface area contributed by atoms with Crippen LogP contribution in [0.15, 0.2) is 99.1 Å². The maximum Gasteiger partial charge on any atom is 0.162 e. The Morgan fingerprint density at radius 1 is 0.600 bits per heavy atom. The summed E-state index contributed by atoms with van der Waals surface area (Å²) in [4.78, 5) is 8.94. The molecule has 0 spiro atoms. The summed E-state index contributed by atoms with van der Waals surface area (Å²) in [5.74, 6) is 1.13. The van der Waals surface area contributed by atoms with Crippen LogP contribution in [-0.4, -0.2) is 11.7 Å². The van der Waals surface area contributed by atoms with Crippen LogP contribution >= 0.6 is 0 Å². The minimum Gasteiger partial charge on any atom is -0.383 e. The molecule has 0 fully saturated rings. The molecule has 3 aromatic carbocycles. The van der Waals surface area contributed by atoms with Gasteiger partial charge in [0, 0.05) is 11.1 Å². The third kappa shape index (κ3) is 3.21. The molecule has 0 radical (unpaired) electrons. The maximum atomic E-state index is 5.95. The highest BCUT2D eigenvalue weighted by Crippen LogP contribution is 2.24. The van der Waals surface area contributed by atoms with Crippen LogP contribution in [0, 0.1) is 0 Å². The molecule has 1 aliphatic rings. The molecule has 120 valence electrons. The molecule has 3 aromatic rings. The zero-order valence-electron chi connectivity index (χ0n) is 13.4. The fraction of sp³-hybridized carbons (Fsp3) is 0. The molecule has 5 nitrogen and oxygen atoms in total. The number of nitrogens with zero attached hydrogens (tertiary/aromatic N) is 4. The van der Waals surface area contributed by atoms with E-state index in [4.69, 9.17) is 5.73 Å². The summed E-state index contributed by atoms with van der Waals surface area (Å²) < 4.78 is 0. The predicted octanol–water partition coefficient (Wildman–Crippen LogP) is 4.90. The van der Waals surface area contributed by atoms with E-state index in [1.54, 1.807) is 0 Å². The normalized spacial score (nSPS) is 14.7. The van der Waals surface area contributed by atoms with Gasteiger partial charge in [0.15, 0.2) is 5.84 Å². The summed E-state index contributed by atoms with van der Waals surface area (Å²) in [7, 11) is 0. The third-order valence-corrected chi connectivity index (χ3v) is 3.79. The second-order valence-electron chi connectivity index (χ2n) is 5.53. The van der Waals surface area contributed by atoms with Gasteiger partial charge in [-0.3, -0.25) is 0 Å². The lowest BCUT2D eigenvalue weighted by Crippen LogP contribution is -2.09. The molecule has 2 N–H and O–H groups in total. The standard InChI is InChI=1S/C20H15N5/c21-19-17-8-4-5-9-18(17)20(23-19)22-14-10-12-16(13-11-14)25-24-15-6-2-1-3-7-15/h1-13H,(H2,21,22,23). The lowest BCUT2D eigenvalue weighted by atomic mass is 10.1. The Hall–Kier alpha value is -3.60. The fourth-order valence-electron chi connectivity index (χ4n) is 2.55. The van der Waals surface area contributed by atoms with Gasteiger partial charge < -0.3 is 5.73 Å². The molecule has 0 saturated heterocycles. The van der Waals surface area contributed by atoms with Crippen LogP contribution in [0.25, 0.3) is 0 Å². The van der Waals surface area contributed by atoms with Gasteiger partial charge in [-0.05, 0) is 36.4 Å². The van der Waals surface area contributed by atoms with E-state index in [0.29, 0.717) is 11.7 Å². The van der Waals surface area contributed by atoms with E-state index in [0.717, 1.165) is 28.2 Å². The average Bonchev–Trinajstić information content (AvgIpc) is 2.98. The molecule has 0 saturated carbocycles. The van der Waals surface area contributed by atoms with Crippen molar-refractivity contribution in [3.63, 3.8) is 0 Å². The highest BCUT2D eigenvalue weighted by Gasteiger charge is 2.18. The summed E-state index contributed by atoms with van der Waals surface area (Å²) in [5, 5.41) is 8.43. The van der Waals surface area contributed by atoms with Crippen LogP contribution in [-0.2, 0) is 0 Å². The number of rotatable bonds is 3. The molecule has 0 amide bonds. The van der Waals surface area contributed by atoms with E-state index in [2.05, 4.69) is 20.2 Å². The SMILES string of the molecule is NC1=NC(=Nc2ccc(N=Nc3ccccc3)cc2)c2ccccc21. The van der Waals surface area contributed by atoms with Gasteiger partial charge in [0.05, 0.1) is 17.1 Å². The Morgan fingerprint density at radius 2 is 1.16 bits per heavy atom. The van der Waals surface area contributed by atoms with Gasteiger partial charge in [-0.2, -0.15) is 10.2 Å². The highest BCUT2D eigenvalue weighted by molar-refractivity contribution is 6.22. The fourth-order valence-corrected chi connectivity index (χ4v) is 2.55. The zero-order valence-corrected chi connectivity index (χ0v) is 13.4. The number of azo groups is 1. The Labute approximate surface area is 145 Å². The van der Waals surface area contributed by atoms with Gasteiger partial charge in [0.25, 0.3) is 0 Å². The lowest BCUT2D eigenvalue weighted by molar-refractivity contribution is 1.23. The van der Waals surface area contributed by atoms with Crippen LogP contribution < -0.4 is 5.73 Å². The second-order valence-corrected chi connectivity index (χ2v) is 5.53. The Morgan fingerprint density at radius 3 is 1.88 bits per heavy atom. The predicted molar refractivity (Wildman–Crippen MR) is 100 cm³/mol. The summed E-state index contributed by atoms with van der Waals surface area (Å²) in [5.41, 5.74) is 10.2. The lowest BCUT2D eigenvalue weighted by Gasteiger charge is -1.99. The molecule has 1 aliphatic heterocycles. The van der Waals surface area contributed by atoms with Crippen molar-refractivity contribution in [1.29, 1.82) is 0 Å². The van der Waals surface area contributed by atoms with Crippen molar-refractivity contribution in [2.24, 2.45) is 25.9 Å². The number of nitrogens with two attached hydrogens (primary N) is 1. The van der Waals surface area contributed by atoms with Crippen LogP contribution in [0.5, 0.6) is 0 Å². The van der Waals surface area contributed by atoms with Crippen molar-refractivity contribution in [2.75, 3.05) is 0 Å². The first-order valence-electron chi connectivity index (χ1n) is 7.89. The molecule has 0 unspecified atom stereocenters. The van der Waals surface area contributed by atoms with Gasteiger partial charge in [0.1, 0.15) is 5.84 Å². The Bertz CT molecular complexity index is 986. The first kappa shape index (κ1) is 15.0. The molecule has 1 heterocycles. The van der Waals surface area contributed by atoms with Crippen molar-refractivity contribution in [1.82, 2.24) is 0 Å². The number of hydrogen-bond donors (Lipinski definition) is 1. The number of benzene rings is 3. The van der Waals surface area contributed by atoms with Crippen molar-refractivity contribution >= 4 is 28.7 Å². The van der Waals surface area contributed by atoms with Gasteiger partial charge in [-0.15, -0.1) is 0 Å². The average molecular weight is 325 g/mol. The second kappa shape index (κ2) is 6.49. The van der Waals surface area contributed by atoms with Gasteiger partial charge in [-0.1, -0.05) is 42.5 Å². The highest BCUT2D eigenvalue weighted by atomic mass is 15.1. The minimum atomic E-state index is 0.502. The molecule has 0 bridgehead atoms. The first-order chi connectivity index (χ1) is 12.3. The van der Waals surface area contributed by atoms with E-state index in [1.807, 2.05) is 78.9 Å². The first-order valence-corrected chi connectivity index (χ1v) is 7.89. The Kier molecular flexibility index (Phi) is 3.88. The molecular weight excluding hydrogens is 310 g/mol. The Balaban J connectivity index is 1.57. The molecule has 0 atom stereocenters. The van der Waals surface area contributed by atoms with E-state index in [9.17, 15) is 0 Å².